The zero-order valence-electron chi connectivity index (χ0n) is 8.91. The van der Waals surface area contributed by atoms with Crippen molar-refractivity contribution in [3.05, 3.63) is 48.4 Å². The fraction of sp³-hybridized carbons (Fsp3) is 0.182. The van der Waals surface area contributed by atoms with Gasteiger partial charge in [0.2, 0.25) is 0 Å². The summed E-state index contributed by atoms with van der Waals surface area (Å²) in [5.74, 6) is 0.900. The molecule has 0 aromatic carbocycles. The van der Waals surface area contributed by atoms with E-state index >= 15 is 0 Å². The van der Waals surface area contributed by atoms with Gasteiger partial charge >= 0.3 is 0 Å². The van der Waals surface area contributed by atoms with E-state index in [0.717, 1.165) is 17.2 Å². The summed E-state index contributed by atoms with van der Waals surface area (Å²) in [6.07, 6.45) is 5.56. The Bertz CT molecular complexity index is 589. The first-order chi connectivity index (χ1) is 7.83. The molecule has 5 nitrogen and oxygen atoms in total. The van der Waals surface area contributed by atoms with Gasteiger partial charge in [-0.25, -0.2) is 14.6 Å². The third-order valence-electron chi connectivity index (χ3n) is 2.53. The van der Waals surface area contributed by atoms with E-state index < -0.39 is 0 Å². The summed E-state index contributed by atoms with van der Waals surface area (Å²) in [5.41, 5.74) is 1.94. The van der Waals surface area contributed by atoms with E-state index in [1.165, 1.54) is 0 Å². The number of imidazole rings is 1. The minimum absolute atomic E-state index is 0.660. The van der Waals surface area contributed by atoms with Crippen LogP contribution in [0.5, 0.6) is 0 Å². The maximum Gasteiger partial charge on any atom is 0.138 e. The lowest BCUT2D eigenvalue weighted by atomic mass is 10.5. The molecule has 0 unspecified atom stereocenters. The van der Waals surface area contributed by atoms with Gasteiger partial charge in [-0.2, -0.15) is 5.10 Å². The Kier molecular flexibility index (Phi) is 1.96. The molecule has 5 heteroatoms. The lowest BCUT2D eigenvalue weighted by Crippen LogP contribution is -2.04. The molecular formula is C11H11N5. The Labute approximate surface area is 92.4 Å². The van der Waals surface area contributed by atoms with Crippen LogP contribution in [0, 0.1) is 6.92 Å². The SMILES string of the molecule is Cc1ncnn1Cc1cn2ccccc2n1. The van der Waals surface area contributed by atoms with Crippen LogP contribution in [0.1, 0.15) is 11.5 Å². The third kappa shape index (κ3) is 1.46. The van der Waals surface area contributed by atoms with Crippen molar-refractivity contribution in [3.63, 3.8) is 0 Å². The third-order valence-corrected chi connectivity index (χ3v) is 2.53. The van der Waals surface area contributed by atoms with Crippen LogP contribution in [0.4, 0.5) is 0 Å². The maximum absolute atomic E-state index is 4.50. The molecule has 0 aliphatic heterocycles. The summed E-state index contributed by atoms with van der Waals surface area (Å²) in [6.45, 7) is 2.59. The zero-order chi connectivity index (χ0) is 11.0. The average Bonchev–Trinajstić information content (AvgIpc) is 2.85. The molecule has 0 amide bonds. The van der Waals surface area contributed by atoms with E-state index in [9.17, 15) is 0 Å². The van der Waals surface area contributed by atoms with Crippen molar-refractivity contribution < 1.29 is 0 Å². The van der Waals surface area contributed by atoms with Crippen molar-refractivity contribution in [2.24, 2.45) is 0 Å². The Morgan fingerprint density at radius 2 is 2.25 bits per heavy atom. The number of aryl methyl sites for hydroxylation is 1. The normalized spacial score (nSPS) is 11.1. The van der Waals surface area contributed by atoms with E-state index in [0.29, 0.717) is 6.54 Å². The summed E-state index contributed by atoms with van der Waals surface area (Å²) >= 11 is 0. The lowest BCUT2D eigenvalue weighted by Gasteiger charge is -1.98. The fourth-order valence-electron chi connectivity index (χ4n) is 1.69. The van der Waals surface area contributed by atoms with Crippen molar-refractivity contribution >= 4 is 5.65 Å². The van der Waals surface area contributed by atoms with Crippen LogP contribution >= 0.6 is 0 Å². The van der Waals surface area contributed by atoms with Crippen LogP contribution in [0.2, 0.25) is 0 Å². The highest BCUT2D eigenvalue weighted by Gasteiger charge is 2.04. The largest absolute Gasteiger partial charge is 0.307 e. The molecule has 0 fully saturated rings. The minimum atomic E-state index is 0.660. The number of pyridine rings is 1. The minimum Gasteiger partial charge on any atom is -0.307 e. The van der Waals surface area contributed by atoms with Gasteiger partial charge < -0.3 is 4.40 Å². The van der Waals surface area contributed by atoms with Crippen molar-refractivity contribution in [1.29, 1.82) is 0 Å². The predicted octanol–water partition coefficient (Wildman–Crippen LogP) is 1.28. The van der Waals surface area contributed by atoms with Gasteiger partial charge in [0.25, 0.3) is 0 Å². The average molecular weight is 213 g/mol. The number of nitrogens with zero attached hydrogens (tertiary/aromatic N) is 5. The summed E-state index contributed by atoms with van der Waals surface area (Å²) in [7, 11) is 0. The molecule has 0 N–H and O–H groups in total. The predicted molar refractivity (Wildman–Crippen MR) is 59.1 cm³/mol. The molecule has 0 aliphatic carbocycles. The second-order valence-electron chi connectivity index (χ2n) is 3.66. The number of rotatable bonds is 2. The summed E-state index contributed by atoms with van der Waals surface area (Å²) in [5, 5.41) is 4.14. The molecule has 16 heavy (non-hydrogen) atoms. The van der Waals surface area contributed by atoms with Crippen LogP contribution in [-0.2, 0) is 6.54 Å². The highest BCUT2D eigenvalue weighted by Crippen LogP contribution is 2.06. The number of aromatic nitrogens is 5. The Hall–Kier alpha value is -2.17. The molecular weight excluding hydrogens is 202 g/mol. The van der Waals surface area contributed by atoms with Gasteiger partial charge in [0.15, 0.2) is 0 Å². The topological polar surface area (TPSA) is 48.0 Å². The van der Waals surface area contributed by atoms with E-state index in [-0.39, 0.29) is 0 Å². The van der Waals surface area contributed by atoms with E-state index in [2.05, 4.69) is 15.1 Å². The molecule has 0 saturated heterocycles. The number of hydrogen-bond acceptors (Lipinski definition) is 3. The van der Waals surface area contributed by atoms with Crippen LogP contribution in [0.25, 0.3) is 5.65 Å². The van der Waals surface area contributed by atoms with Crippen molar-refractivity contribution in [2.75, 3.05) is 0 Å². The lowest BCUT2D eigenvalue weighted by molar-refractivity contribution is 0.651. The number of fused-ring (bicyclic) bond motifs is 1. The first kappa shape index (κ1) is 9.08. The molecule has 0 atom stereocenters. The Balaban J connectivity index is 1.98. The smallest absolute Gasteiger partial charge is 0.138 e. The van der Waals surface area contributed by atoms with E-state index in [4.69, 9.17) is 0 Å². The van der Waals surface area contributed by atoms with Gasteiger partial charge in [-0.05, 0) is 19.1 Å². The highest BCUT2D eigenvalue weighted by molar-refractivity contribution is 5.39. The molecule has 0 aliphatic rings. The van der Waals surface area contributed by atoms with Crippen LogP contribution < -0.4 is 0 Å². The monoisotopic (exact) mass is 213 g/mol. The van der Waals surface area contributed by atoms with Crippen LogP contribution in [0.3, 0.4) is 0 Å². The molecule has 3 heterocycles. The van der Waals surface area contributed by atoms with Gasteiger partial charge in [0, 0.05) is 12.4 Å². The Morgan fingerprint density at radius 1 is 1.31 bits per heavy atom. The zero-order valence-corrected chi connectivity index (χ0v) is 8.91. The molecule has 3 rings (SSSR count). The standard InChI is InChI=1S/C11H11N5/c1-9-12-8-13-16(9)7-10-6-15-5-3-2-4-11(15)14-10/h2-6,8H,7H2,1H3. The second kappa shape index (κ2) is 3.44. The fourth-order valence-corrected chi connectivity index (χ4v) is 1.69. The first-order valence-corrected chi connectivity index (χ1v) is 5.10. The summed E-state index contributed by atoms with van der Waals surface area (Å²) < 4.78 is 3.84. The van der Waals surface area contributed by atoms with Gasteiger partial charge in [-0.15, -0.1) is 0 Å². The van der Waals surface area contributed by atoms with Gasteiger partial charge in [-0.3, -0.25) is 0 Å². The molecule has 0 radical (unpaired) electrons. The van der Waals surface area contributed by atoms with Gasteiger partial charge in [0.1, 0.15) is 17.8 Å². The van der Waals surface area contributed by atoms with Crippen molar-refractivity contribution in [3.8, 4) is 0 Å². The van der Waals surface area contributed by atoms with E-state index in [1.807, 2.05) is 46.6 Å². The summed E-state index contributed by atoms with van der Waals surface area (Å²) in [4.78, 5) is 8.59. The maximum atomic E-state index is 4.50. The van der Waals surface area contributed by atoms with Gasteiger partial charge in [-0.1, -0.05) is 6.07 Å². The molecule has 3 aromatic rings. The Morgan fingerprint density at radius 3 is 3.00 bits per heavy atom. The molecule has 0 saturated carbocycles. The van der Waals surface area contributed by atoms with Crippen LogP contribution in [-0.4, -0.2) is 24.1 Å². The molecule has 3 aromatic heterocycles. The summed E-state index contributed by atoms with van der Waals surface area (Å²) in [6, 6.07) is 5.95. The number of hydrogen-bond donors (Lipinski definition) is 0. The second-order valence-corrected chi connectivity index (χ2v) is 3.66. The van der Waals surface area contributed by atoms with Crippen LogP contribution in [0.15, 0.2) is 36.9 Å². The quantitative estimate of drug-likeness (QED) is 0.644. The first-order valence-electron chi connectivity index (χ1n) is 5.10. The van der Waals surface area contributed by atoms with Crippen molar-refractivity contribution in [1.82, 2.24) is 24.1 Å². The van der Waals surface area contributed by atoms with Crippen molar-refractivity contribution in [2.45, 2.75) is 13.5 Å². The van der Waals surface area contributed by atoms with Gasteiger partial charge in [0.05, 0.1) is 12.2 Å². The molecule has 80 valence electrons. The molecule has 0 bridgehead atoms. The van der Waals surface area contributed by atoms with E-state index in [1.54, 1.807) is 6.33 Å². The highest BCUT2D eigenvalue weighted by atomic mass is 15.3. The molecule has 0 spiro atoms.